The van der Waals surface area contributed by atoms with Crippen LogP contribution < -0.4 is 10.9 Å². The summed E-state index contributed by atoms with van der Waals surface area (Å²) < 4.78 is 0. The lowest BCUT2D eigenvalue weighted by molar-refractivity contribution is 0.0940. The van der Waals surface area contributed by atoms with Crippen molar-refractivity contribution in [2.75, 3.05) is 19.6 Å². The van der Waals surface area contributed by atoms with Gasteiger partial charge in [0.25, 0.3) is 11.5 Å². The Morgan fingerprint density at radius 2 is 2.32 bits per heavy atom. The molecule has 2 heterocycles. The summed E-state index contributed by atoms with van der Waals surface area (Å²) in [6.45, 7) is 6.64. The summed E-state index contributed by atoms with van der Waals surface area (Å²) in [6, 6.07) is 3.72. The van der Waals surface area contributed by atoms with Gasteiger partial charge in [0.05, 0.1) is 0 Å². The van der Waals surface area contributed by atoms with Crippen LogP contribution in [0.2, 0.25) is 0 Å². The molecule has 5 heteroatoms. The zero-order valence-electron chi connectivity index (χ0n) is 11.5. The minimum atomic E-state index is -0.323. The van der Waals surface area contributed by atoms with Gasteiger partial charge < -0.3 is 10.3 Å². The van der Waals surface area contributed by atoms with Crippen molar-refractivity contribution in [3.8, 4) is 0 Å². The van der Waals surface area contributed by atoms with Gasteiger partial charge in [0.2, 0.25) is 0 Å². The lowest BCUT2D eigenvalue weighted by atomic mass is 10.2. The number of carbonyl (C=O) groups is 1. The van der Waals surface area contributed by atoms with Crippen LogP contribution in [0.1, 0.15) is 35.8 Å². The van der Waals surface area contributed by atoms with Crippen LogP contribution in [-0.4, -0.2) is 41.5 Å². The number of rotatable bonds is 4. The average Bonchev–Trinajstić information content (AvgIpc) is 2.83. The quantitative estimate of drug-likeness (QED) is 0.848. The van der Waals surface area contributed by atoms with Gasteiger partial charge in [-0.3, -0.25) is 14.5 Å². The minimum absolute atomic E-state index is 0.187. The monoisotopic (exact) mass is 263 g/mol. The van der Waals surface area contributed by atoms with Gasteiger partial charge in [0.15, 0.2) is 0 Å². The Labute approximate surface area is 113 Å². The first-order valence-electron chi connectivity index (χ1n) is 6.84. The third kappa shape index (κ3) is 3.23. The van der Waals surface area contributed by atoms with Gasteiger partial charge in [0, 0.05) is 18.3 Å². The van der Waals surface area contributed by atoms with Gasteiger partial charge in [-0.1, -0.05) is 6.92 Å². The summed E-state index contributed by atoms with van der Waals surface area (Å²) in [5.74, 6) is -0.288. The molecule has 1 amide bonds. The molecule has 1 unspecified atom stereocenters. The topological polar surface area (TPSA) is 65.2 Å². The largest absolute Gasteiger partial charge is 0.350 e. The van der Waals surface area contributed by atoms with E-state index >= 15 is 0 Å². The van der Waals surface area contributed by atoms with E-state index in [0.717, 1.165) is 25.2 Å². The molecule has 0 saturated carbocycles. The number of pyridine rings is 1. The van der Waals surface area contributed by atoms with E-state index in [1.165, 1.54) is 6.42 Å². The van der Waals surface area contributed by atoms with E-state index in [1.54, 1.807) is 19.1 Å². The molecule has 1 aromatic heterocycles. The molecule has 104 valence electrons. The van der Waals surface area contributed by atoms with Gasteiger partial charge in [-0.25, -0.2) is 0 Å². The zero-order chi connectivity index (χ0) is 13.8. The molecule has 0 aromatic carbocycles. The van der Waals surface area contributed by atoms with Crippen molar-refractivity contribution in [1.82, 2.24) is 15.2 Å². The summed E-state index contributed by atoms with van der Waals surface area (Å²) in [7, 11) is 0. The number of aromatic nitrogens is 1. The van der Waals surface area contributed by atoms with Crippen LogP contribution >= 0.6 is 0 Å². The normalized spacial score (nSPS) is 19.6. The summed E-state index contributed by atoms with van der Waals surface area (Å²) in [5, 5.41) is 2.86. The average molecular weight is 263 g/mol. The molecule has 2 N–H and O–H groups in total. The molecule has 1 atom stereocenters. The maximum atomic E-state index is 12.0. The molecule has 5 nitrogen and oxygen atoms in total. The van der Waals surface area contributed by atoms with E-state index in [2.05, 4.69) is 22.1 Å². The van der Waals surface area contributed by atoms with E-state index in [4.69, 9.17) is 0 Å². The molecule has 0 bridgehead atoms. The number of hydrogen-bond acceptors (Lipinski definition) is 3. The van der Waals surface area contributed by atoms with Crippen LogP contribution in [0.5, 0.6) is 0 Å². The van der Waals surface area contributed by atoms with Crippen LogP contribution in [0.4, 0.5) is 0 Å². The third-order valence-corrected chi connectivity index (χ3v) is 3.70. The van der Waals surface area contributed by atoms with E-state index in [0.29, 0.717) is 12.6 Å². The van der Waals surface area contributed by atoms with Gasteiger partial charge in [-0.05, 0) is 45.0 Å². The number of nitrogens with zero attached hydrogens (tertiary/aromatic N) is 1. The van der Waals surface area contributed by atoms with E-state index in [1.807, 2.05) is 0 Å². The molecule has 0 radical (unpaired) electrons. The highest BCUT2D eigenvalue weighted by Crippen LogP contribution is 2.15. The van der Waals surface area contributed by atoms with Gasteiger partial charge in [-0.2, -0.15) is 0 Å². The van der Waals surface area contributed by atoms with Crippen LogP contribution in [-0.2, 0) is 0 Å². The molecule has 1 aliphatic heterocycles. The predicted molar refractivity (Wildman–Crippen MR) is 74.4 cm³/mol. The summed E-state index contributed by atoms with van der Waals surface area (Å²) >= 11 is 0. The molecule has 0 spiro atoms. The summed E-state index contributed by atoms with van der Waals surface area (Å²) in [6.07, 6.45) is 2.29. The number of likely N-dealkylation sites (N-methyl/N-ethyl adjacent to an activating group) is 1. The second kappa shape index (κ2) is 6.02. The number of likely N-dealkylation sites (tertiary alicyclic amines) is 1. The van der Waals surface area contributed by atoms with Crippen molar-refractivity contribution in [2.45, 2.75) is 32.7 Å². The molecule has 2 rings (SSSR count). The molecule has 1 aliphatic rings. The zero-order valence-corrected chi connectivity index (χ0v) is 11.5. The number of carbonyl (C=O) groups excluding carboxylic acids is 1. The number of amides is 1. The first-order chi connectivity index (χ1) is 9.11. The Balaban J connectivity index is 1.96. The maximum absolute atomic E-state index is 12.0. The number of H-pyrrole nitrogens is 1. The predicted octanol–water partition coefficient (Wildman–Crippen LogP) is 0.897. The smallest absolute Gasteiger partial charge is 0.260 e. The fourth-order valence-corrected chi connectivity index (χ4v) is 2.60. The second-order valence-corrected chi connectivity index (χ2v) is 5.02. The fourth-order valence-electron chi connectivity index (χ4n) is 2.60. The molecule has 1 fully saturated rings. The Hall–Kier alpha value is -1.62. The number of nitrogens with one attached hydrogen (secondary N) is 2. The first-order valence-corrected chi connectivity index (χ1v) is 6.84. The standard InChI is InChI=1S/C14H21N3O2/c1-3-17-8-4-5-11(17)9-15-13(18)12-7-6-10(2)16-14(12)19/h6-7,11H,3-5,8-9H2,1-2H3,(H,15,18)(H,16,19). The van der Waals surface area contributed by atoms with Crippen molar-refractivity contribution >= 4 is 5.91 Å². The van der Waals surface area contributed by atoms with Crippen LogP contribution in [0, 0.1) is 6.92 Å². The Morgan fingerprint density at radius 3 is 3.00 bits per heavy atom. The minimum Gasteiger partial charge on any atom is -0.350 e. The Bertz CT molecular complexity index is 510. The third-order valence-electron chi connectivity index (χ3n) is 3.70. The fraction of sp³-hybridized carbons (Fsp3) is 0.571. The highest BCUT2D eigenvalue weighted by Gasteiger charge is 2.23. The lowest BCUT2D eigenvalue weighted by Crippen LogP contribution is -2.41. The SMILES string of the molecule is CCN1CCCC1CNC(=O)c1ccc(C)[nH]c1=O. The van der Waals surface area contributed by atoms with E-state index in [9.17, 15) is 9.59 Å². The van der Waals surface area contributed by atoms with Gasteiger partial charge >= 0.3 is 0 Å². The van der Waals surface area contributed by atoms with Crippen molar-refractivity contribution < 1.29 is 4.79 Å². The van der Waals surface area contributed by atoms with Gasteiger partial charge in [0.1, 0.15) is 5.56 Å². The number of aromatic amines is 1. The molecular weight excluding hydrogens is 242 g/mol. The van der Waals surface area contributed by atoms with Crippen LogP contribution in [0.15, 0.2) is 16.9 Å². The van der Waals surface area contributed by atoms with Crippen LogP contribution in [0.25, 0.3) is 0 Å². The summed E-state index contributed by atoms with van der Waals surface area (Å²) in [5.41, 5.74) is 0.623. The first kappa shape index (κ1) is 13.8. The molecule has 1 saturated heterocycles. The maximum Gasteiger partial charge on any atom is 0.260 e. The second-order valence-electron chi connectivity index (χ2n) is 5.02. The summed E-state index contributed by atoms with van der Waals surface area (Å²) in [4.78, 5) is 28.7. The van der Waals surface area contributed by atoms with Crippen LogP contribution in [0.3, 0.4) is 0 Å². The number of aryl methyl sites for hydroxylation is 1. The molecule has 0 aliphatic carbocycles. The van der Waals surface area contributed by atoms with Gasteiger partial charge in [-0.15, -0.1) is 0 Å². The van der Waals surface area contributed by atoms with Crippen molar-refractivity contribution in [2.24, 2.45) is 0 Å². The molecular formula is C14H21N3O2. The van der Waals surface area contributed by atoms with Crippen molar-refractivity contribution in [3.05, 3.63) is 33.7 Å². The highest BCUT2D eigenvalue weighted by atomic mass is 16.2. The Morgan fingerprint density at radius 1 is 1.53 bits per heavy atom. The van der Waals surface area contributed by atoms with E-state index < -0.39 is 0 Å². The van der Waals surface area contributed by atoms with Crippen molar-refractivity contribution in [3.63, 3.8) is 0 Å². The Kier molecular flexibility index (Phi) is 4.37. The molecule has 1 aromatic rings. The van der Waals surface area contributed by atoms with Crippen molar-refractivity contribution in [1.29, 1.82) is 0 Å². The number of hydrogen-bond donors (Lipinski definition) is 2. The van der Waals surface area contributed by atoms with E-state index in [-0.39, 0.29) is 17.0 Å². The molecule has 19 heavy (non-hydrogen) atoms. The lowest BCUT2D eigenvalue weighted by Gasteiger charge is -2.22. The highest BCUT2D eigenvalue weighted by molar-refractivity contribution is 5.93.